The molecule has 0 unspecified atom stereocenters. The second-order valence-corrected chi connectivity index (χ2v) is 4.09. The fraction of sp³-hybridized carbons (Fsp3) is 0.154. The number of benzene rings is 1. The van der Waals surface area contributed by atoms with Gasteiger partial charge in [0.1, 0.15) is 29.0 Å². The number of nitrogens with one attached hydrogen (secondary N) is 1. The highest BCUT2D eigenvalue weighted by molar-refractivity contribution is 5.97. The third kappa shape index (κ3) is 2.19. The Labute approximate surface area is 113 Å². The van der Waals surface area contributed by atoms with Crippen LogP contribution in [0.5, 0.6) is 0 Å². The molecule has 0 aliphatic rings. The van der Waals surface area contributed by atoms with Crippen LogP contribution in [-0.4, -0.2) is 33.4 Å². The molecule has 2 heterocycles. The van der Waals surface area contributed by atoms with E-state index in [-0.39, 0.29) is 12.4 Å². The molecule has 0 amide bonds. The first-order chi connectivity index (χ1) is 9.79. The zero-order valence-electron chi connectivity index (χ0n) is 10.4. The molecule has 2 aromatic heterocycles. The van der Waals surface area contributed by atoms with Gasteiger partial charge in [-0.1, -0.05) is 5.16 Å². The van der Waals surface area contributed by atoms with E-state index in [0.717, 1.165) is 0 Å². The van der Waals surface area contributed by atoms with Crippen LogP contribution < -0.4 is 5.32 Å². The zero-order valence-corrected chi connectivity index (χ0v) is 10.4. The quantitative estimate of drug-likeness (QED) is 0.755. The van der Waals surface area contributed by atoms with E-state index in [4.69, 9.17) is 9.63 Å². The number of rotatable bonds is 4. The monoisotopic (exact) mass is 274 g/mol. The van der Waals surface area contributed by atoms with Gasteiger partial charge in [0.15, 0.2) is 0 Å². The van der Waals surface area contributed by atoms with E-state index < -0.39 is 0 Å². The van der Waals surface area contributed by atoms with Crippen molar-refractivity contribution in [2.75, 3.05) is 18.5 Å². The van der Waals surface area contributed by atoms with Crippen molar-refractivity contribution in [3.63, 3.8) is 0 Å². The van der Waals surface area contributed by atoms with Crippen molar-refractivity contribution in [2.45, 2.75) is 0 Å². The summed E-state index contributed by atoms with van der Waals surface area (Å²) in [6.45, 7) is 0.322. The van der Waals surface area contributed by atoms with Gasteiger partial charge in [0, 0.05) is 12.1 Å². The summed E-state index contributed by atoms with van der Waals surface area (Å²) >= 11 is 0. The van der Waals surface area contributed by atoms with Gasteiger partial charge in [0.25, 0.3) is 5.71 Å². The van der Waals surface area contributed by atoms with Crippen molar-refractivity contribution in [1.29, 1.82) is 0 Å². The van der Waals surface area contributed by atoms with Crippen molar-refractivity contribution in [3.8, 4) is 11.3 Å². The molecular formula is C13H11FN4O2. The highest BCUT2D eigenvalue weighted by Gasteiger charge is 2.16. The van der Waals surface area contributed by atoms with Gasteiger partial charge >= 0.3 is 0 Å². The van der Waals surface area contributed by atoms with E-state index in [1.165, 1.54) is 18.5 Å². The summed E-state index contributed by atoms with van der Waals surface area (Å²) in [5.41, 5.74) is 1.56. The molecule has 0 spiro atoms. The summed E-state index contributed by atoms with van der Waals surface area (Å²) in [5, 5.41) is 16.4. The lowest BCUT2D eigenvalue weighted by atomic mass is 10.1. The molecule has 0 fully saturated rings. The molecule has 3 rings (SSSR count). The molecule has 2 N–H and O–H groups in total. The van der Waals surface area contributed by atoms with E-state index in [1.54, 1.807) is 12.1 Å². The van der Waals surface area contributed by atoms with Crippen molar-refractivity contribution in [1.82, 2.24) is 15.1 Å². The number of aromatic nitrogens is 3. The summed E-state index contributed by atoms with van der Waals surface area (Å²) in [7, 11) is 0. The van der Waals surface area contributed by atoms with E-state index in [0.29, 0.717) is 34.7 Å². The van der Waals surface area contributed by atoms with Crippen molar-refractivity contribution in [3.05, 3.63) is 36.4 Å². The van der Waals surface area contributed by atoms with Crippen LogP contribution in [0.4, 0.5) is 10.2 Å². The summed E-state index contributed by atoms with van der Waals surface area (Å²) in [6, 6.07) is 5.91. The third-order valence-corrected chi connectivity index (χ3v) is 2.79. The first kappa shape index (κ1) is 12.5. The number of aliphatic hydroxyl groups excluding tert-OH is 1. The van der Waals surface area contributed by atoms with Crippen molar-refractivity contribution >= 4 is 16.9 Å². The molecule has 3 aromatic rings. The Kier molecular flexibility index (Phi) is 3.26. The van der Waals surface area contributed by atoms with E-state index in [1.807, 2.05) is 0 Å². The van der Waals surface area contributed by atoms with Crippen LogP contribution in [0.25, 0.3) is 22.4 Å². The highest BCUT2D eigenvalue weighted by atomic mass is 19.1. The van der Waals surface area contributed by atoms with Crippen molar-refractivity contribution < 1.29 is 14.0 Å². The lowest BCUT2D eigenvalue weighted by Gasteiger charge is -2.04. The SMILES string of the molecule is OCCNc1ncnc2onc(-c3ccc(F)cc3)c12. The van der Waals surface area contributed by atoms with Crippen molar-refractivity contribution in [2.24, 2.45) is 0 Å². The molecule has 0 radical (unpaired) electrons. The molecule has 1 aromatic carbocycles. The molecular weight excluding hydrogens is 263 g/mol. The molecule has 0 atom stereocenters. The summed E-state index contributed by atoms with van der Waals surface area (Å²) in [4.78, 5) is 8.11. The Bertz CT molecular complexity index is 727. The van der Waals surface area contributed by atoms with E-state index in [9.17, 15) is 4.39 Å². The number of aliphatic hydroxyl groups is 1. The average Bonchev–Trinajstić information content (AvgIpc) is 2.90. The van der Waals surface area contributed by atoms with E-state index >= 15 is 0 Å². The first-order valence-corrected chi connectivity index (χ1v) is 6.00. The van der Waals surface area contributed by atoms with Crippen LogP contribution >= 0.6 is 0 Å². The molecule has 6 nitrogen and oxygen atoms in total. The van der Waals surface area contributed by atoms with Crippen LogP contribution in [0.1, 0.15) is 0 Å². The number of nitrogens with zero attached hydrogens (tertiary/aromatic N) is 3. The lowest BCUT2D eigenvalue weighted by Crippen LogP contribution is -2.07. The zero-order chi connectivity index (χ0) is 13.9. The maximum atomic E-state index is 13.0. The number of halogens is 1. The molecule has 7 heteroatoms. The standard InChI is InChI=1S/C13H11FN4O2/c14-9-3-1-8(2-4-9)11-10-12(15-5-6-19)16-7-17-13(10)20-18-11/h1-4,7,19H,5-6H2,(H,15,16,17). The topological polar surface area (TPSA) is 84.1 Å². The van der Waals surface area contributed by atoms with Gasteiger partial charge in [-0.25, -0.2) is 9.37 Å². The first-order valence-electron chi connectivity index (χ1n) is 6.00. The normalized spacial score (nSPS) is 10.9. The van der Waals surface area contributed by atoms with Crippen LogP contribution in [-0.2, 0) is 0 Å². The maximum absolute atomic E-state index is 13.0. The number of fused-ring (bicyclic) bond motifs is 1. The molecule has 20 heavy (non-hydrogen) atoms. The van der Waals surface area contributed by atoms with Crippen LogP contribution in [0.2, 0.25) is 0 Å². The summed E-state index contributed by atoms with van der Waals surface area (Å²) < 4.78 is 18.1. The van der Waals surface area contributed by atoms with Gasteiger partial charge in [-0.05, 0) is 24.3 Å². The van der Waals surface area contributed by atoms with Crippen LogP contribution in [0, 0.1) is 5.82 Å². The molecule has 0 aliphatic heterocycles. The fourth-order valence-electron chi connectivity index (χ4n) is 1.90. The molecule has 102 valence electrons. The molecule has 0 bridgehead atoms. The van der Waals surface area contributed by atoms with Crippen LogP contribution in [0.3, 0.4) is 0 Å². The molecule has 0 saturated carbocycles. The smallest absolute Gasteiger partial charge is 0.263 e. The molecule has 0 saturated heterocycles. The minimum atomic E-state index is -0.323. The number of hydrogen-bond acceptors (Lipinski definition) is 6. The lowest BCUT2D eigenvalue weighted by molar-refractivity contribution is 0.311. The van der Waals surface area contributed by atoms with Gasteiger partial charge in [0.2, 0.25) is 0 Å². The summed E-state index contributed by atoms with van der Waals surface area (Å²) in [5.74, 6) is 0.195. The number of anilines is 1. The maximum Gasteiger partial charge on any atom is 0.263 e. The Morgan fingerprint density at radius 2 is 2.00 bits per heavy atom. The Hall–Kier alpha value is -2.54. The van der Waals surface area contributed by atoms with Gasteiger partial charge < -0.3 is 14.9 Å². The van der Waals surface area contributed by atoms with Gasteiger partial charge in [-0.2, -0.15) is 4.98 Å². The van der Waals surface area contributed by atoms with Gasteiger partial charge in [-0.15, -0.1) is 0 Å². The molecule has 0 aliphatic carbocycles. The van der Waals surface area contributed by atoms with Crippen LogP contribution in [0.15, 0.2) is 35.1 Å². The Morgan fingerprint density at radius 1 is 1.20 bits per heavy atom. The minimum absolute atomic E-state index is 0.0251. The summed E-state index contributed by atoms with van der Waals surface area (Å²) in [6.07, 6.45) is 1.35. The largest absolute Gasteiger partial charge is 0.395 e. The van der Waals surface area contributed by atoms with Gasteiger partial charge in [0.05, 0.1) is 6.61 Å². The fourth-order valence-corrected chi connectivity index (χ4v) is 1.90. The highest BCUT2D eigenvalue weighted by Crippen LogP contribution is 2.31. The minimum Gasteiger partial charge on any atom is -0.395 e. The predicted octanol–water partition coefficient (Wildman–Crippen LogP) is 1.83. The van der Waals surface area contributed by atoms with Gasteiger partial charge in [-0.3, -0.25) is 0 Å². The predicted molar refractivity (Wildman–Crippen MR) is 70.6 cm³/mol. The Morgan fingerprint density at radius 3 is 2.75 bits per heavy atom. The Balaban J connectivity index is 2.13. The second-order valence-electron chi connectivity index (χ2n) is 4.09. The van der Waals surface area contributed by atoms with E-state index in [2.05, 4.69) is 20.4 Å². The number of hydrogen-bond donors (Lipinski definition) is 2. The third-order valence-electron chi connectivity index (χ3n) is 2.79. The second kappa shape index (κ2) is 5.22. The average molecular weight is 274 g/mol.